The molecule has 0 aliphatic carbocycles. The molecule has 1 fully saturated rings. The topological polar surface area (TPSA) is 106 Å². The molecule has 1 aromatic heterocycles. The second-order valence-corrected chi connectivity index (χ2v) is 8.70. The maximum Gasteiger partial charge on any atom is 0.323 e. The van der Waals surface area contributed by atoms with Gasteiger partial charge in [-0.3, -0.25) is 19.6 Å². The summed E-state index contributed by atoms with van der Waals surface area (Å²) < 4.78 is 7.14. The molecule has 0 saturated carbocycles. The number of ether oxygens (including phenoxy) is 1. The molecule has 0 radical (unpaired) electrons. The molecule has 0 unspecified atom stereocenters. The number of aromatic nitrogens is 2. The molecule has 9 heteroatoms. The van der Waals surface area contributed by atoms with E-state index in [0.717, 1.165) is 16.5 Å². The summed E-state index contributed by atoms with van der Waals surface area (Å²) in [6, 6.07) is 10.5. The lowest BCUT2D eigenvalue weighted by atomic mass is 9.99. The van der Waals surface area contributed by atoms with E-state index in [0.29, 0.717) is 23.4 Å². The number of rotatable bonds is 4. The Kier molecular flexibility index (Phi) is 5.01. The van der Waals surface area contributed by atoms with Crippen molar-refractivity contribution in [3.8, 4) is 17.6 Å². The second kappa shape index (κ2) is 7.92. The van der Waals surface area contributed by atoms with Gasteiger partial charge in [-0.15, -0.1) is 0 Å². The number of methoxy groups -OCH3 is 1. The normalized spacial score (nSPS) is 19.2. The molecule has 1 atom stereocenters. The largest absolute Gasteiger partial charge is 0.497 e. The summed E-state index contributed by atoms with van der Waals surface area (Å²) in [6.07, 6.45) is 1.77. The lowest BCUT2D eigenvalue weighted by molar-refractivity contribution is -0.122. The van der Waals surface area contributed by atoms with Crippen molar-refractivity contribution in [2.45, 2.75) is 32.0 Å². The molecule has 2 aliphatic heterocycles. The predicted molar refractivity (Wildman–Crippen MR) is 124 cm³/mol. The number of amides is 4. The Morgan fingerprint density at radius 2 is 2.00 bits per heavy atom. The van der Waals surface area contributed by atoms with Gasteiger partial charge in [-0.1, -0.05) is 17.9 Å². The van der Waals surface area contributed by atoms with Gasteiger partial charge in [-0.2, -0.15) is 5.10 Å². The van der Waals surface area contributed by atoms with Crippen LogP contribution in [-0.4, -0.2) is 51.7 Å². The van der Waals surface area contributed by atoms with Gasteiger partial charge in [0.15, 0.2) is 0 Å². The molecule has 34 heavy (non-hydrogen) atoms. The first-order chi connectivity index (χ1) is 16.3. The third kappa shape index (κ3) is 3.53. The van der Waals surface area contributed by atoms with Crippen LogP contribution >= 0.6 is 0 Å². The van der Waals surface area contributed by atoms with Gasteiger partial charge in [-0.05, 0) is 49.7 Å². The molecule has 9 nitrogen and oxygen atoms in total. The van der Waals surface area contributed by atoms with Crippen molar-refractivity contribution in [3.63, 3.8) is 0 Å². The van der Waals surface area contributed by atoms with Crippen molar-refractivity contribution in [2.75, 3.05) is 13.7 Å². The van der Waals surface area contributed by atoms with Gasteiger partial charge in [0.25, 0.3) is 11.8 Å². The molecular weight excluding hydrogens is 434 g/mol. The number of urea groups is 1. The van der Waals surface area contributed by atoms with E-state index in [4.69, 9.17) is 4.74 Å². The number of benzene rings is 2. The highest BCUT2D eigenvalue weighted by molar-refractivity contribution is 6.10. The maximum absolute atomic E-state index is 13.0. The Balaban J connectivity index is 1.46. The third-order valence-corrected chi connectivity index (χ3v) is 6.07. The lowest BCUT2D eigenvalue weighted by Gasteiger charge is -2.26. The van der Waals surface area contributed by atoms with Crippen LogP contribution in [0.4, 0.5) is 4.79 Å². The van der Waals surface area contributed by atoms with E-state index in [-0.39, 0.29) is 18.5 Å². The first-order valence-corrected chi connectivity index (χ1v) is 10.9. The van der Waals surface area contributed by atoms with E-state index in [1.54, 1.807) is 18.3 Å². The van der Waals surface area contributed by atoms with E-state index in [9.17, 15) is 14.4 Å². The monoisotopic (exact) mass is 457 g/mol. The van der Waals surface area contributed by atoms with Gasteiger partial charge in [0, 0.05) is 29.1 Å². The molecule has 2 N–H and O–H groups in total. The summed E-state index contributed by atoms with van der Waals surface area (Å²) in [4.78, 5) is 39.4. The predicted octanol–water partition coefficient (Wildman–Crippen LogP) is 2.21. The highest BCUT2D eigenvalue weighted by Gasteiger charge is 2.48. The Morgan fingerprint density at radius 3 is 2.71 bits per heavy atom. The van der Waals surface area contributed by atoms with E-state index >= 15 is 0 Å². The van der Waals surface area contributed by atoms with Gasteiger partial charge in [0.1, 0.15) is 5.75 Å². The number of hydrogen-bond donors (Lipinski definition) is 2. The number of hydrogen-bond acceptors (Lipinski definition) is 5. The van der Waals surface area contributed by atoms with Crippen LogP contribution in [0, 0.1) is 11.8 Å². The molecule has 3 heterocycles. The number of nitrogens with one attached hydrogen (secondary N) is 2. The van der Waals surface area contributed by atoms with Crippen LogP contribution in [-0.2, 0) is 11.3 Å². The summed E-state index contributed by atoms with van der Waals surface area (Å²) >= 11 is 0. The number of carbonyl (C=O) groups excluding carboxylic acids is 3. The quantitative estimate of drug-likeness (QED) is 0.462. The number of fused-ring (bicyclic) bond motifs is 2. The van der Waals surface area contributed by atoms with Gasteiger partial charge >= 0.3 is 6.03 Å². The van der Waals surface area contributed by atoms with Gasteiger partial charge in [-0.25, -0.2) is 4.79 Å². The Labute approximate surface area is 196 Å². The molecule has 2 aliphatic rings. The Morgan fingerprint density at radius 1 is 1.18 bits per heavy atom. The van der Waals surface area contributed by atoms with E-state index in [1.807, 2.05) is 28.9 Å². The van der Waals surface area contributed by atoms with Crippen molar-refractivity contribution in [1.29, 1.82) is 0 Å². The third-order valence-electron chi connectivity index (χ3n) is 6.07. The fraction of sp³-hybridized carbons (Fsp3) is 0.280. The van der Waals surface area contributed by atoms with Crippen LogP contribution in [0.1, 0.15) is 41.4 Å². The van der Waals surface area contributed by atoms with Gasteiger partial charge in [0.05, 0.1) is 25.4 Å². The molecular formula is C25H23N5O4. The van der Waals surface area contributed by atoms with Crippen molar-refractivity contribution in [1.82, 2.24) is 25.3 Å². The highest BCUT2D eigenvalue weighted by atomic mass is 16.5. The fourth-order valence-electron chi connectivity index (χ4n) is 4.33. The molecule has 5 rings (SSSR count). The molecule has 3 aromatic rings. The van der Waals surface area contributed by atoms with Crippen LogP contribution in [0.15, 0.2) is 42.6 Å². The lowest BCUT2D eigenvalue weighted by Crippen LogP contribution is -2.54. The van der Waals surface area contributed by atoms with E-state index < -0.39 is 17.5 Å². The molecule has 0 spiro atoms. The average Bonchev–Trinajstić information content (AvgIpc) is 3.46. The van der Waals surface area contributed by atoms with Crippen molar-refractivity contribution in [3.05, 3.63) is 59.3 Å². The minimum Gasteiger partial charge on any atom is -0.497 e. The van der Waals surface area contributed by atoms with Gasteiger partial charge < -0.3 is 15.0 Å². The number of carbonyl (C=O) groups is 3. The fourth-order valence-corrected chi connectivity index (χ4v) is 4.33. The van der Waals surface area contributed by atoms with Gasteiger partial charge in [0.2, 0.25) is 5.54 Å². The van der Waals surface area contributed by atoms with Crippen LogP contribution in [0.2, 0.25) is 0 Å². The first kappa shape index (κ1) is 21.5. The summed E-state index contributed by atoms with van der Waals surface area (Å²) in [6.45, 7) is 4.34. The second-order valence-electron chi connectivity index (χ2n) is 8.70. The minimum absolute atomic E-state index is 0.0824. The standard InChI is InChI=1S/C25H23N5O4/c1-15(2)30-21-7-4-16(10-18(21)12-26-30)8-9-25(23(32)27-24(33)28-25)14-29-13-17-5-6-19(34-3)11-20(17)22(29)31/h4-7,10-12,15H,13-14H2,1-3H3,(H2,27,28,32,33)/t25-/m1/s1. The Bertz CT molecular complexity index is 1410. The summed E-state index contributed by atoms with van der Waals surface area (Å²) in [5.41, 5.74) is 1.43. The number of nitrogens with zero attached hydrogens (tertiary/aromatic N) is 3. The average molecular weight is 457 g/mol. The van der Waals surface area contributed by atoms with Crippen LogP contribution in [0.25, 0.3) is 10.9 Å². The highest BCUT2D eigenvalue weighted by Crippen LogP contribution is 2.28. The summed E-state index contributed by atoms with van der Waals surface area (Å²) in [7, 11) is 1.53. The molecule has 172 valence electrons. The van der Waals surface area contributed by atoms with Crippen molar-refractivity contribution >= 4 is 28.7 Å². The summed E-state index contributed by atoms with van der Waals surface area (Å²) in [5.74, 6) is 5.71. The zero-order chi connectivity index (χ0) is 24.0. The number of imide groups is 1. The first-order valence-electron chi connectivity index (χ1n) is 10.9. The van der Waals surface area contributed by atoms with E-state index in [1.165, 1.54) is 12.0 Å². The van der Waals surface area contributed by atoms with Crippen LogP contribution < -0.4 is 15.4 Å². The minimum atomic E-state index is -1.56. The Hall–Kier alpha value is -4.32. The molecule has 2 aromatic carbocycles. The van der Waals surface area contributed by atoms with Crippen LogP contribution in [0.3, 0.4) is 0 Å². The van der Waals surface area contributed by atoms with E-state index in [2.05, 4.69) is 41.4 Å². The molecule has 0 bridgehead atoms. The zero-order valence-electron chi connectivity index (χ0n) is 19.0. The van der Waals surface area contributed by atoms with Crippen molar-refractivity contribution < 1.29 is 19.1 Å². The van der Waals surface area contributed by atoms with Crippen LogP contribution in [0.5, 0.6) is 5.75 Å². The van der Waals surface area contributed by atoms with Crippen molar-refractivity contribution in [2.24, 2.45) is 0 Å². The molecule has 1 saturated heterocycles. The smallest absolute Gasteiger partial charge is 0.323 e. The molecule has 4 amide bonds. The zero-order valence-corrected chi connectivity index (χ0v) is 19.0. The SMILES string of the molecule is COc1ccc2c(c1)C(=O)N(C[C@@]1(C#Cc3ccc4c(cnn4C(C)C)c3)NC(=O)NC1=O)C2. The maximum atomic E-state index is 13.0. The summed E-state index contributed by atoms with van der Waals surface area (Å²) in [5, 5.41) is 10.2.